The maximum atomic E-state index is 12.8. The number of aliphatic hydroxyl groups is 2. The molecule has 4 aromatic carbocycles. The summed E-state index contributed by atoms with van der Waals surface area (Å²) in [5.74, 6) is -0.158. The lowest BCUT2D eigenvalue weighted by Crippen LogP contribution is -2.49. The number of hydrogen-bond acceptors (Lipinski definition) is 6. The molecule has 0 aliphatic carbocycles. The Balaban J connectivity index is 1.20. The van der Waals surface area contributed by atoms with Gasteiger partial charge in [0.05, 0.1) is 24.4 Å². The van der Waals surface area contributed by atoms with Crippen molar-refractivity contribution < 1.29 is 24.5 Å². The maximum absolute atomic E-state index is 12.8. The first-order valence-electron chi connectivity index (χ1n) is 15.5. The van der Waals surface area contributed by atoms with Gasteiger partial charge >= 0.3 is 0 Å². The predicted octanol–water partition coefficient (Wildman–Crippen LogP) is 6.86. The summed E-state index contributed by atoms with van der Waals surface area (Å²) < 4.78 is 13.3. The van der Waals surface area contributed by atoms with Crippen molar-refractivity contribution in [1.82, 2.24) is 4.90 Å². The van der Waals surface area contributed by atoms with Crippen molar-refractivity contribution >= 4 is 23.2 Å². The third-order valence-electron chi connectivity index (χ3n) is 9.08. The van der Waals surface area contributed by atoms with E-state index in [0.29, 0.717) is 35.7 Å². The topological polar surface area (TPSA) is 91.3 Å². The summed E-state index contributed by atoms with van der Waals surface area (Å²) in [6.07, 6.45) is 0.170. The molecule has 2 saturated heterocycles. The van der Waals surface area contributed by atoms with Crippen LogP contribution in [0.15, 0.2) is 103 Å². The number of carbonyl (C=O) groups is 1. The van der Waals surface area contributed by atoms with E-state index < -0.39 is 11.9 Å². The first-order chi connectivity index (χ1) is 21.8. The summed E-state index contributed by atoms with van der Waals surface area (Å²) in [6, 6.07) is 32.1. The summed E-state index contributed by atoms with van der Waals surface area (Å²) in [5.41, 5.74) is 3.92. The number of rotatable bonds is 8. The number of carbonyl (C=O) groups excluding carboxylic acids is 1. The number of ether oxygens (including phenoxy) is 2. The number of nitrogens with zero attached hydrogens (tertiary/aromatic N) is 1. The average Bonchev–Trinajstić information content (AvgIpc) is 3.07. The Labute approximate surface area is 269 Å². The van der Waals surface area contributed by atoms with Crippen molar-refractivity contribution in [3.8, 4) is 0 Å². The minimum atomic E-state index is -0.882. The second-order valence-corrected chi connectivity index (χ2v) is 12.5. The van der Waals surface area contributed by atoms with Crippen molar-refractivity contribution in [1.29, 1.82) is 0 Å². The monoisotopic (exact) mass is 626 g/mol. The molecule has 4 unspecified atom stereocenters. The van der Waals surface area contributed by atoms with Gasteiger partial charge in [-0.3, -0.25) is 4.79 Å². The Bertz CT molecular complexity index is 1570. The Hall–Kier alpha value is -3.56. The predicted molar refractivity (Wildman–Crippen MR) is 175 cm³/mol. The van der Waals surface area contributed by atoms with Crippen LogP contribution in [0.3, 0.4) is 0 Å². The zero-order valence-corrected chi connectivity index (χ0v) is 26.1. The second-order valence-electron chi connectivity index (χ2n) is 12.1. The summed E-state index contributed by atoms with van der Waals surface area (Å²) in [4.78, 5) is 15.2. The van der Waals surface area contributed by atoms with Crippen molar-refractivity contribution in [2.24, 2.45) is 5.92 Å². The molecule has 4 atom stereocenters. The average molecular weight is 627 g/mol. The van der Waals surface area contributed by atoms with Gasteiger partial charge in [-0.1, -0.05) is 85.3 Å². The van der Waals surface area contributed by atoms with Gasteiger partial charge in [0, 0.05) is 47.4 Å². The number of piperidine rings is 1. The van der Waals surface area contributed by atoms with Gasteiger partial charge in [-0.2, -0.15) is 0 Å². The van der Waals surface area contributed by atoms with Gasteiger partial charge in [0.15, 0.2) is 6.29 Å². The molecule has 0 radical (unpaired) electrons. The van der Waals surface area contributed by atoms with Crippen LogP contribution in [0.2, 0.25) is 5.02 Å². The number of likely N-dealkylation sites (tertiary alicyclic amines) is 1. The highest BCUT2D eigenvalue weighted by atomic mass is 35.5. The molecule has 0 aromatic heterocycles. The molecule has 1 amide bonds. The van der Waals surface area contributed by atoms with Crippen LogP contribution in [0, 0.1) is 5.92 Å². The maximum Gasteiger partial charge on any atom is 0.255 e. The highest BCUT2D eigenvalue weighted by Crippen LogP contribution is 2.43. The van der Waals surface area contributed by atoms with E-state index in [1.165, 1.54) is 0 Å². The van der Waals surface area contributed by atoms with Gasteiger partial charge in [-0.25, -0.2) is 0 Å². The van der Waals surface area contributed by atoms with E-state index in [4.69, 9.17) is 21.1 Å². The van der Waals surface area contributed by atoms with Gasteiger partial charge in [-0.05, 0) is 65.9 Å². The molecule has 3 N–H and O–H groups in total. The van der Waals surface area contributed by atoms with Gasteiger partial charge in [0.25, 0.3) is 5.91 Å². The normalized spacial score (nSPS) is 23.4. The highest BCUT2D eigenvalue weighted by Gasteiger charge is 2.41. The third kappa shape index (κ3) is 7.31. The fourth-order valence-corrected chi connectivity index (χ4v) is 6.42. The van der Waals surface area contributed by atoms with Crippen LogP contribution in [-0.2, 0) is 21.7 Å². The van der Waals surface area contributed by atoms with E-state index in [9.17, 15) is 15.0 Å². The van der Waals surface area contributed by atoms with Crippen molar-refractivity contribution in [3.05, 3.63) is 136 Å². The second kappa shape index (κ2) is 13.8. The van der Waals surface area contributed by atoms with Crippen LogP contribution >= 0.6 is 11.6 Å². The number of halogens is 1. The van der Waals surface area contributed by atoms with Gasteiger partial charge in [0.2, 0.25) is 0 Å². The van der Waals surface area contributed by atoms with Gasteiger partial charge in [-0.15, -0.1) is 0 Å². The van der Waals surface area contributed by atoms with Crippen LogP contribution < -0.4 is 5.32 Å². The van der Waals surface area contributed by atoms with Crippen LogP contribution in [0.5, 0.6) is 0 Å². The number of amides is 1. The van der Waals surface area contributed by atoms with Crippen LogP contribution in [0.25, 0.3) is 0 Å². The molecule has 0 bridgehead atoms. The standard InChI is InChI=1S/C37H39ClN2O5/c1-25-33(23-40-20-18-37(43,19-21-40)30-14-16-31(38)17-15-30)44-36(45-34(25)27-12-10-26(24-41)11-13-27)29-8-5-9-32(22-29)39-35(42)28-6-3-2-4-7-28/h2-17,22,25,33-34,36,41,43H,18-21,23-24H2,1H3,(H,39,42). The van der Waals surface area contributed by atoms with E-state index in [2.05, 4.69) is 17.1 Å². The molecular formula is C37H39ClN2O5. The SMILES string of the molecule is CC1C(CN2CCC(O)(c3ccc(Cl)cc3)CC2)OC(c2cccc(NC(=O)c3ccccc3)c2)OC1c1ccc(CO)cc1. The molecule has 234 valence electrons. The molecule has 7 nitrogen and oxygen atoms in total. The molecule has 2 fully saturated rings. The summed E-state index contributed by atoms with van der Waals surface area (Å²) in [5, 5.41) is 24.7. The largest absolute Gasteiger partial charge is 0.392 e. The number of anilines is 1. The smallest absolute Gasteiger partial charge is 0.255 e. The Morgan fingerprint density at radius 1 is 0.911 bits per heavy atom. The van der Waals surface area contributed by atoms with E-state index in [-0.39, 0.29) is 30.6 Å². The zero-order valence-electron chi connectivity index (χ0n) is 25.3. The van der Waals surface area contributed by atoms with Crippen molar-refractivity contribution in [3.63, 3.8) is 0 Å². The molecular weight excluding hydrogens is 588 g/mol. The number of nitrogens with one attached hydrogen (secondary N) is 1. The van der Waals surface area contributed by atoms with Crippen LogP contribution in [0.4, 0.5) is 5.69 Å². The first kappa shape index (κ1) is 31.4. The van der Waals surface area contributed by atoms with E-state index in [0.717, 1.165) is 35.3 Å². The lowest BCUT2D eigenvalue weighted by molar-refractivity contribution is -0.277. The third-order valence-corrected chi connectivity index (χ3v) is 9.33. The fourth-order valence-electron chi connectivity index (χ4n) is 6.29. The molecule has 4 aromatic rings. The molecule has 6 rings (SSSR count). The first-order valence-corrected chi connectivity index (χ1v) is 15.9. The summed E-state index contributed by atoms with van der Waals surface area (Å²) in [7, 11) is 0. The molecule has 2 heterocycles. The lowest BCUT2D eigenvalue weighted by Gasteiger charge is -2.45. The van der Waals surface area contributed by atoms with Gasteiger partial charge < -0.3 is 29.9 Å². The molecule has 2 aliphatic heterocycles. The van der Waals surface area contributed by atoms with Crippen molar-refractivity contribution in [2.45, 2.75) is 50.5 Å². The zero-order chi connectivity index (χ0) is 31.4. The van der Waals surface area contributed by atoms with Crippen molar-refractivity contribution in [2.75, 3.05) is 25.0 Å². The molecule has 0 spiro atoms. The van der Waals surface area contributed by atoms with Crippen LogP contribution in [0.1, 0.15) is 64.8 Å². The van der Waals surface area contributed by atoms with Gasteiger partial charge in [0.1, 0.15) is 0 Å². The lowest BCUT2D eigenvalue weighted by atomic mass is 9.84. The van der Waals surface area contributed by atoms with Crippen LogP contribution in [-0.4, -0.2) is 46.8 Å². The molecule has 2 aliphatic rings. The minimum Gasteiger partial charge on any atom is -0.392 e. The summed E-state index contributed by atoms with van der Waals surface area (Å²) in [6.45, 7) is 4.28. The number of aliphatic hydroxyl groups excluding tert-OH is 1. The summed E-state index contributed by atoms with van der Waals surface area (Å²) >= 11 is 6.08. The van der Waals surface area contributed by atoms with E-state index in [1.54, 1.807) is 12.1 Å². The number of benzene rings is 4. The quantitative estimate of drug-likeness (QED) is 0.198. The molecule has 8 heteroatoms. The minimum absolute atomic E-state index is 0.0193. The Morgan fingerprint density at radius 2 is 1.62 bits per heavy atom. The molecule has 45 heavy (non-hydrogen) atoms. The van der Waals surface area contributed by atoms with E-state index in [1.807, 2.05) is 91.0 Å². The highest BCUT2D eigenvalue weighted by molar-refractivity contribution is 6.30. The Morgan fingerprint density at radius 3 is 2.31 bits per heavy atom. The molecule has 0 saturated carbocycles. The Kier molecular flexibility index (Phi) is 9.66. The number of hydrogen-bond donors (Lipinski definition) is 3. The van der Waals surface area contributed by atoms with E-state index >= 15 is 0 Å². The fraction of sp³-hybridized carbons (Fsp3) is 0.324.